The monoisotopic (exact) mass is 395 g/mol. The minimum Gasteiger partial charge on any atom is -0.415 e. The first-order valence-electron chi connectivity index (χ1n) is 8.94. The van der Waals surface area contributed by atoms with E-state index in [2.05, 4.69) is 54.2 Å². The van der Waals surface area contributed by atoms with Crippen molar-refractivity contribution in [3.05, 3.63) is 12.7 Å². The molecule has 0 aromatic carbocycles. The highest BCUT2D eigenvalue weighted by Crippen LogP contribution is 2.34. The molecule has 26 heavy (non-hydrogen) atoms. The summed E-state index contributed by atoms with van der Waals surface area (Å²) in [6.07, 6.45) is 3.60. The molecule has 0 unspecified atom stereocenters. The lowest BCUT2D eigenvalue weighted by Crippen LogP contribution is -2.40. The number of imidazole rings is 1. The van der Waals surface area contributed by atoms with Crippen LogP contribution in [0, 0.1) is 0 Å². The van der Waals surface area contributed by atoms with Crippen LogP contribution in [0.1, 0.15) is 12.6 Å². The van der Waals surface area contributed by atoms with Gasteiger partial charge in [-0.3, -0.25) is 4.57 Å². The molecule has 0 amide bonds. The Hall–Kier alpha value is -1.34. The van der Waals surface area contributed by atoms with E-state index in [-0.39, 0.29) is 18.4 Å². The summed E-state index contributed by atoms with van der Waals surface area (Å²) in [5, 5.41) is 0. The van der Waals surface area contributed by atoms with Gasteiger partial charge in [-0.1, -0.05) is 0 Å². The quantitative estimate of drug-likeness (QED) is 0.751. The van der Waals surface area contributed by atoms with Crippen LogP contribution in [0.4, 0.5) is 5.82 Å². The van der Waals surface area contributed by atoms with Gasteiger partial charge in [0, 0.05) is 6.42 Å². The Morgan fingerprint density at radius 3 is 2.54 bits per heavy atom. The average molecular weight is 396 g/mol. The van der Waals surface area contributed by atoms with Crippen molar-refractivity contribution in [2.75, 3.05) is 12.3 Å². The molecular weight excluding hydrogens is 366 g/mol. The van der Waals surface area contributed by atoms with E-state index in [9.17, 15) is 0 Å². The average Bonchev–Trinajstić information content (AvgIpc) is 3.07. The lowest BCUT2D eigenvalue weighted by molar-refractivity contribution is -0.0367. The molecule has 0 saturated carbocycles. The molecule has 3 atom stereocenters. The van der Waals surface area contributed by atoms with E-state index in [0.717, 1.165) is 6.42 Å². The highest BCUT2D eigenvalue weighted by Gasteiger charge is 2.40. The number of hydrogen-bond donors (Lipinski definition) is 1. The van der Waals surface area contributed by atoms with Gasteiger partial charge in [0.2, 0.25) is 0 Å². The van der Waals surface area contributed by atoms with Crippen LogP contribution in [0.3, 0.4) is 0 Å². The largest absolute Gasteiger partial charge is 0.415 e. The van der Waals surface area contributed by atoms with E-state index in [1.54, 1.807) is 6.33 Å². The first-order chi connectivity index (χ1) is 12.0. The Morgan fingerprint density at radius 2 is 1.88 bits per heavy atom. The summed E-state index contributed by atoms with van der Waals surface area (Å²) in [4.78, 5) is 12.7. The predicted molar refractivity (Wildman–Crippen MR) is 106 cm³/mol. The summed E-state index contributed by atoms with van der Waals surface area (Å²) < 4.78 is 20.8. The molecule has 2 aromatic heterocycles. The summed E-state index contributed by atoms with van der Waals surface area (Å²) in [7, 11) is -3.34. The van der Waals surface area contributed by atoms with Gasteiger partial charge in [0.1, 0.15) is 24.2 Å². The van der Waals surface area contributed by atoms with Gasteiger partial charge in [-0.2, -0.15) is 0 Å². The van der Waals surface area contributed by atoms with Gasteiger partial charge in [0.25, 0.3) is 0 Å². The van der Waals surface area contributed by atoms with Crippen molar-refractivity contribution >= 4 is 33.6 Å². The van der Waals surface area contributed by atoms with Crippen LogP contribution < -0.4 is 5.73 Å². The molecule has 144 valence electrons. The molecule has 8 nitrogen and oxygen atoms in total. The summed E-state index contributed by atoms with van der Waals surface area (Å²) in [6, 6.07) is 0. The fraction of sp³-hybridized carbons (Fsp3) is 0.688. The van der Waals surface area contributed by atoms with Crippen LogP contribution in [-0.2, 0) is 13.6 Å². The van der Waals surface area contributed by atoms with Crippen molar-refractivity contribution in [3.8, 4) is 0 Å². The van der Waals surface area contributed by atoms with E-state index >= 15 is 0 Å². The highest BCUT2D eigenvalue weighted by atomic mass is 28.4. The molecule has 1 aliphatic heterocycles. The molecule has 0 spiro atoms. The number of rotatable bonds is 6. The topological polar surface area (TPSA) is 97.3 Å². The van der Waals surface area contributed by atoms with Crippen LogP contribution in [-0.4, -0.2) is 55.0 Å². The van der Waals surface area contributed by atoms with Crippen molar-refractivity contribution in [3.63, 3.8) is 0 Å². The first kappa shape index (κ1) is 19.4. The van der Waals surface area contributed by atoms with Gasteiger partial charge in [-0.05, 0) is 39.3 Å². The number of aromatic nitrogens is 4. The van der Waals surface area contributed by atoms with E-state index in [1.165, 1.54) is 6.33 Å². The molecule has 1 aliphatic rings. The maximum atomic E-state index is 6.40. The van der Waals surface area contributed by atoms with Crippen LogP contribution >= 0.6 is 0 Å². The van der Waals surface area contributed by atoms with Gasteiger partial charge >= 0.3 is 0 Å². The fourth-order valence-corrected chi connectivity index (χ4v) is 4.83. The normalized spacial score (nSPS) is 24.5. The Balaban J connectivity index is 1.83. The van der Waals surface area contributed by atoms with Crippen molar-refractivity contribution in [1.29, 1.82) is 0 Å². The van der Waals surface area contributed by atoms with Crippen molar-refractivity contribution in [2.45, 2.75) is 64.1 Å². The van der Waals surface area contributed by atoms with Gasteiger partial charge in [-0.25, -0.2) is 15.0 Å². The number of nitrogens with two attached hydrogens (primary N) is 1. The second kappa shape index (κ2) is 7.00. The smallest absolute Gasteiger partial charge is 0.184 e. The maximum Gasteiger partial charge on any atom is 0.184 e. The maximum absolute atomic E-state index is 6.40. The molecule has 0 bridgehead atoms. The van der Waals surface area contributed by atoms with Crippen molar-refractivity contribution in [2.24, 2.45) is 0 Å². The number of hydrogen-bond acceptors (Lipinski definition) is 7. The van der Waals surface area contributed by atoms with Gasteiger partial charge in [0.15, 0.2) is 28.1 Å². The first-order valence-corrected chi connectivity index (χ1v) is 15.8. The zero-order valence-electron chi connectivity index (χ0n) is 16.4. The predicted octanol–water partition coefficient (Wildman–Crippen LogP) is 2.77. The summed E-state index contributed by atoms with van der Waals surface area (Å²) in [5.74, 6) is 0.375. The summed E-state index contributed by atoms with van der Waals surface area (Å²) in [5.41, 5.74) is 7.18. The van der Waals surface area contributed by atoms with E-state index in [4.69, 9.17) is 19.3 Å². The lowest BCUT2D eigenvalue weighted by Gasteiger charge is -2.28. The highest BCUT2D eigenvalue weighted by molar-refractivity contribution is 6.70. The van der Waals surface area contributed by atoms with E-state index in [0.29, 0.717) is 23.6 Å². The summed E-state index contributed by atoms with van der Waals surface area (Å²) >= 11 is 0. The van der Waals surface area contributed by atoms with Crippen molar-refractivity contribution in [1.82, 2.24) is 19.5 Å². The Morgan fingerprint density at radius 1 is 1.15 bits per heavy atom. The summed E-state index contributed by atoms with van der Waals surface area (Å²) in [6.45, 7) is 13.7. The van der Waals surface area contributed by atoms with Crippen molar-refractivity contribution < 1.29 is 13.6 Å². The lowest BCUT2D eigenvalue weighted by atomic mass is 10.2. The van der Waals surface area contributed by atoms with Crippen LogP contribution in [0.2, 0.25) is 39.3 Å². The number of ether oxygens (including phenoxy) is 1. The zero-order chi connectivity index (χ0) is 19.1. The second-order valence-corrected chi connectivity index (χ2v) is 17.6. The number of nitrogen functional groups attached to an aromatic ring is 1. The molecule has 3 rings (SSSR count). The molecule has 2 aromatic rings. The van der Waals surface area contributed by atoms with Gasteiger partial charge in [0.05, 0.1) is 19.0 Å². The van der Waals surface area contributed by atoms with Crippen LogP contribution in [0.15, 0.2) is 12.7 Å². The number of anilines is 1. The second-order valence-electron chi connectivity index (χ2n) is 8.64. The molecule has 3 heterocycles. The minimum absolute atomic E-state index is 0.000323. The zero-order valence-corrected chi connectivity index (χ0v) is 18.4. The Bertz CT molecular complexity index is 771. The minimum atomic E-state index is -1.71. The number of fused-ring (bicyclic) bond motifs is 1. The van der Waals surface area contributed by atoms with E-state index < -0.39 is 16.6 Å². The van der Waals surface area contributed by atoms with Crippen LogP contribution in [0.25, 0.3) is 11.2 Å². The molecule has 1 saturated heterocycles. The molecule has 10 heteroatoms. The third kappa shape index (κ3) is 4.49. The van der Waals surface area contributed by atoms with Gasteiger partial charge in [-0.15, -0.1) is 0 Å². The molecular formula is C16H29N5O3Si2. The third-order valence-electron chi connectivity index (χ3n) is 4.06. The standard InChI is InChI=1S/C16H29N5O3Si2/c1-25(2,3)22-8-12-11(24-26(4,5)6)7-13(23-12)21-10-20-14-15(17)18-9-19-16(14)21/h9-13H,7-8H2,1-6H3,(H2,17,18,19)/t11-,12+,13+/m0/s1. The molecule has 1 fully saturated rings. The van der Waals surface area contributed by atoms with Crippen LogP contribution in [0.5, 0.6) is 0 Å². The molecule has 2 N–H and O–H groups in total. The fourth-order valence-electron chi connectivity index (χ4n) is 3.01. The molecule has 0 radical (unpaired) electrons. The third-order valence-corrected chi connectivity index (χ3v) is 6.11. The SMILES string of the molecule is C[Si](C)(C)OC[C@H]1O[C@@H](n2cnc3c(N)ncnc32)C[C@@H]1O[Si](C)(C)C. The Kier molecular flexibility index (Phi) is 5.23. The number of nitrogens with zero attached hydrogens (tertiary/aromatic N) is 4. The molecule has 0 aliphatic carbocycles. The van der Waals surface area contributed by atoms with E-state index in [1.807, 2.05) is 4.57 Å². The Labute approximate surface area is 156 Å². The van der Waals surface area contributed by atoms with Gasteiger partial charge < -0.3 is 19.3 Å².